The Morgan fingerprint density at radius 3 is 2.53 bits per heavy atom. The van der Waals surface area contributed by atoms with Gasteiger partial charge in [-0.15, -0.1) is 0 Å². The number of carbonyl (C=O) groups is 3. The van der Waals surface area contributed by atoms with Crippen LogP contribution in [0.5, 0.6) is 0 Å². The Morgan fingerprint density at radius 1 is 1.37 bits per heavy atom. The van der Waals surface area contributed by atoms with Gasteiger partial charge in [-0.1, -0.05) is 0 Å². The molecule has 7 heteroatoms. The van der Waals surface area contributed by atoms with Gasteiger partial charge in [-0.3, -0.25) is 4.79 Å². The Balaban J connectivity index is 2.60. The topological polar surface area (TPSA) is 95.9 Å². The number of urea groups is 1. The summed E-state index contributed by atoms with van der Waals surface area (Å²) < 4.78 is 5.25. The van der Waals surface area contributed by atoms with Crippen molar-refractivity contribution in [3.8, 4) is 0 Å². The highest BCUT2D eigenvalue weighted by atomic mass is 16.6. The molecule has 1 fully saturated rings. The van der Waals surface area contributed by atoms with E-state index in [1.54, 1.807) is 20.8 Å². The number of aliphatic carboxylic acids is 1. The number of nitrogens with zero attached hydrogens (tertiary/aromatic N) is 1. The molecular formula is C12H20N2O5. The summed E-state index contributed by atoms with van der Waals surface area (Å²) in [6.45, 7) is 5.24. The van der Waals surface area contributed by atoms with Gasteiger partial charge < -0.3 is 20.1 Å². The molecule has 1 aliphatic heterocycles. The molecule has 1 saturated heterocycles. The predicted octanol–water partition coefficient (Wildman–Crippen LogP) is 0.587. The van der Waals surface area contributed by atoms with E-state index in [0.29, 0.717) is 19.4 Å². The minimum Gasteiger partial charge on any atom is -0.480 e. The maximum atomic E-state index is 12.0. The summed E-state index contributed by atoms with van der Waals surface area (Å²) in [6.07, 6.45) is 1.24. The fraction of sp³-hybridized carbons (Fsp3) is 0.750. The van der Waals surface area contributed by atoms with Gasteiger partial charge in [0.15, 0.2) is 0 Å². The molecule has 1 aliphatic rings. The number of hydrogen-bond acceptors (Lipinski definition) is 4. The van der Waals surface area contributed by atoms with E-state index in [9.17, 15) is 14.4 Å². The molecule has 1 unspecified atom stereocenters. The Morgan fingerprint density at radius 2 is 2.00 bits per heavy atom. The Hall–Kier alpha value is -1.79. The van der Waals surface area contributed by atoms with Crippen LogP contribution in [0.4, 0.5) is 4.79 Å². The predicted molar refractivity (Wildman–Crippen MR) is 66.6 cm³/mol. The van der Waals surface area contributed by atoms with Gasteiger partial charge in [0.05, 0.1) is 0 Å². The first-order chi connectivity index (χ1) is 8.70. The normalized spacial score (nSPS) is 19.1. The number of carboxylic acid groups (broad SMARTS) is 1. The van der Waals surface area contributed by atoms with Gasteiger partial charge >= 0.3 is 18.0 Å². The third kappa shape index (κ3) is 4.76. The van der Waals surface area contributed by atoms with Crippen molar-refractivity contribution in [3.05, 3.63) is 0 Å². The molecule has 0 radical (unpaired) electrons. The number of likely N-dealkylation sites (tertiary alicyclic amines) is 1. The van der Waals surface area contributed by atoms with E-state index in [1.165, 1.54) is 4.90 Å². The zero-order valence-electron chi connectivity index (χ0n) is 11.4. The average molecular weight is 272 g/mol. The van der Waals surface area contributed by atoms with Crippen molar-refractivity contribution in [2.45, 2.75) is 45.3 Å². The van der Waals surface area contributed by atoms with E-state index in [-0.39, 0.29) is 0 Å². The molecule has 0 aliphatic carbocycles. The first-order valence-electron chi connectivity index (χ1n) is 6.20. The number of carbonyl (C=O) groups excluding carboxylic acids is 2. The molecule has 1 atom stereocenters. The Kier molecular flexibility index (Phi) is 4.74. The molecule has 0 spiro atoms. The lowest BCUT2D eigenvalue weighted by Gasteiger charge is -2.27. The zero-order valence-corrected chi connectivity index (χ0v) is 11.4. The first kappa shape index (κ1) is 15.3. The fourth-order valence-corrected chi connectivity index (χ4v) is 1.88. The highest BCUT2D eigenvalue weighted by molar-refractivity contribution is 5.86. The van der Waals surface area contributed by atoms with Crippen molar-refractivity contribution in [2.75, 3.05) is 13.1 Å². The van der Waals surface area contributed by atoms with Crippen LogP contribution in [0.1, 0.15) is 33.6 Å². The number of carboxylic acids is 1. The summed E-state index contributed by atoms with van der Waals surface area (Å²) in [7, 11) is 0. The van der Waals surface area contributed by atoms with Gasteiger partial charge in [0, 0.05) is 6.54 Å². The van der Waals surface area contributed by atoms with Crippen LogP contribution in [0, 0.1) is 0 Å². The van der Waals surface area contributed by atoms with E-state index in [4.69, 9.17) is 9.84 Å². The molecule has 7 nitrogen and oxygen atoms in total. The van der Waals surface area contributed by atoms with Crippen molar-refractivity contribution < 1.29 is 24.2 Å². The van der Waals surface area contributed by atoms with Gasteiger partial charge in [0.1, 0.15) is 18.2 Å². The molecule has 108 valence electrons. The van der Waals surface area contributed by atoms with E-state index in [1.807, 2.05) is 0 Å². The minimum absolute atomic E-state index is 0.426. The molecule has 0 saturated carbocycles. The third-order valence-electron chi connectivity index (χ3n) is 2.58. The summed E-state index contributed by atoms with van der Waals surface area (Å²) in [6, 6.07) is -1.18. The monoisotopic (exact) mass is 272 g/mol. The van der Waals surface area contributed by atoms with Gasteiger partial charge in [0.25, 0.3) is 0 Å². The van der Waals surface area contributed by atoms with Crippen LogP contribution < -0.4 is 5.32 Å². The van der Waals surface area contributed by atoms with Crippen LogP contribution in [0.25, 0.3) is 0 Å². The maximum absolute atomic E-state index is 12.0. The van der Waals surface area contributed by atoms with Crippen molar-refractivity contribution >= 4 is 18.0 Å². The second-order valence-corrected chi connectivity index (χ2v) is 5.44. The van der Waals surface area contributed by atoms with Crippen LogP contribution in [0.2, 0.25) is 0 Å². The average Bonchev–Trinajstić information content (AvgIpc) is 2.72. The quantitative estimate of drug-likeness (QED) is 0.733. The summed E-state index contributed by atoms with van der Waals surface area (Å²) in [5.41, 5.74) is -0.608. The van der Waals surface area contributed by atoms with Crippen LogP contribution in [-0.2, 0) is 14.3 Å². The highest BCUT2D eigenvalue weighted by Crippen LogP contribution is 2.21. The standard InChI is InChI=1S/C12H20N2O5/c1-12(2,3)19-10(17)8-5-4-6-14(8)11(18)13-7-9(15)16/h8H,4-7H2,1-3H3,(H,13,18)(H,15,16). The molecule has 0 aromatic heterocycles. The third-order valence-corrected chi connectivity index (χ3v) is 2.58. The van der Waals surface area contributed by atoms with Gasteiger partial charge in [-0.2, -0.15) is 0 Å². The fourth-order valence-electron chi connectivity index (χ4n) is 1.88. The first-order valence-corrected chi connectivity index (χ1v) is 6.20. The molecule has 0 aromatic rings. The lowest BCUT2D eigenvalue weighted by Crippen LogP contribution is -2.48. The number of nitrogens with one attached hydrogen (secondary N) is 1. The number of esters is 1. The van der Waals surface area contributed by atoms with E-state index in [2.05, 4.69) is 5.32 Å². The van der Waals surface area contributed by atoms with Crippen molar-refractivity contribution in [1.82, 2.24) is 10.2 Å². The summed E-state index contributed by atoms with van der Waals surface area (Å²) in [5, 5.41) is 10.8. The van der Waals surface area contributed by atoms with Gasteiger partial charge in [0.2, 0.25) is 0 Å². The zero-order chi connectivity index (χ0) is 14.6. The largest absolute Gasteiger partial charge is 0.480 e. The summed E-state index contributed by atoms with van der Waals surface area (Å²) in [4.78, 5) is 35.5. The SMILES string of the molecule is CC(C)(C)OC(=O)C1CCCN1C(=O)NCC(=O)O. The second-order valence-electron chi connectivity index (χ2n) is 5.44. The Labute approximate surface area is 111 Å². The molecule has 0 bridgehead atoms. The summed E-state index contributed by atoms with van der Waals surface area (Å²) >= 11 is 0. The molecule has 1 rings (SSSR count). The second kappa shape index (κ2) is 5.90. The van der Waals surface area contributed by atoms with Crippen LogP contribution in [0.3, 0.4) is 0 Å². The van der Waals surface area contributed by atoms with Gasteiger partial charge in [-0.25, -0.2) is 9.59 Å². The van der Waals surface area contributed by atoms with E-state index < -0.39 is 36.2 Å². The molecular weight excluding hydrogens is 252 g/mol. The number of rotatable bonds is 3. The molecule has 1 heterocycles. The van der Waals surface area contributed by atoms with Crippen LogP contribution in [0.15, 0.2) is 0 Å². The smallest absolute Gasteiger partial charge is 0.329 e. The van der Waals surface area contributed by atoms with Gasteiger partial charge in [-0.05, 0) is 33.6 Å². The summed E-state index contributed by atoms with van der Waals surface area (Å²) in [5.74, 6) is -1.57. The van der Waals surface area contributed by atoms with E-state index >= 15 is 0 Å². The molecule has 19 heavy (non-hydrogen) atoms. The highest BCUT2D eigenvalue weighted by Gasteiger charge is 2.36. The van der Waals surface area contributed by atoms with Crippen LogP contribution in [-0.4, -0.2) is 52.7 Å². The lowest BCUT2D eigenvalue weighted by molar-refractivity contribution is -0.159. The minimum atomic E-state index is -1.12. The molecule has 2 N–H and O–H groups in total. The Bertz CT molecular complexity index is 375. The molecule has 0 aromatic carbocycles. The van der Waals surface area contributed by atoms with E-state index in [0.717, 1.165) is 0 Å². The van der Waals surface area contributed by atoms with Crippen molar-refractivity contribution in [3.63, 3.8) is 0 Å². The van der Waals surface area contributed by atoms with Crippen molar-refractivity contribution in [1.29, 1.82) is 0 Å². The lowest BCUT2D eigenvalue weighted by atomic mass is 10.1. The number of ether oxygens (including phenoxy) is 1. The van der Waals surface area contributed by atoms with Crippen molar-refractivity contribution in [2.24, 2.45) is 0 Å². The molecule has 2 amide bonds. The number of amides is 2. The number of hydrogen-bond donors (Lipinski definition) is 2. The maximum Gasteiger partial charge on any atom is 0.329 e. The van der Waals surface area contributed by atoms with Crippen LogP contribution >= 0.6 is 0 Å².